The summed E-state index contributed by atoms with van der Waals surface area (Å²) in [5, 5.41) is 3.34. The van der Waals surface area contributed by atoms with Crippen molar-refractivity contribution in [2.45, 2.75) is 20.0 Å². The third-order valence-corrected chi connectivity index (χ3v) is 3.15. The van der Waals surface area contributed by atoms with E-state index in [0.29, 0.717) is 32.9 Å². The van der Waals surface area contributed by atoms with Crippen molar-refractivity contribution in [3.05, 3.63) is 47.9 Å². The first-order valence-electron chi connectivity index (χ1n) is 7.44. The van der Waals surface area contributed by atoms with Gasteiger partial charge in [0.05, 0.1) is 26.5 Å². The van der Waals surface area contributed by atoms with Crippen molar-refractivity contribution in [3.8, 4) is 11.5 Å². The van der Waals surface area contributed by atoms with Crippen molar-refractivity contribution in [2.75, 3.05) is 26.9 Å². The number of para-hydroxylation sites is 1. The summed E-state index contributed by atoms with van der Waals surface area (Å²) >= 11 is 0. The molecule has 0 saturated carbocycles. The van der Waals surface area contributed by atoms with E-state index in [1.165, 1.54) is 0 Å². The second-order valence-corrected chi connectivity index (χ2v) is 4.68. The first-order chi connectivity index (χ1) is 10.8. The molecule has 0 aliphatic carbocycles. The van der Waals surface area contributed by atoms with Gasteiger partial charge in [-0.05, 0) is 25.1 Å². The number of nitrogens with one attached hydrogen (secondary N) is 1. The molecule has 0 aliphatic heterocycles. The summed E-state index contributed by atoms with van der Waals surface area (Å²) in [7, 11) is 1.64. The molecule has 0 radical (unpaired) electrons. The Morgan fingerprint density at radius 1 is 1.09 bits per heavy atom. The summed E-state index contributed by atoms with van der Waals surface area (Å²) in [4.78, 5) is 0. The van der Waals surface area contributed by atoms with Gasteiger partial charge in [0.2, 0.25) is 0 Å². The molecule has 5 nitrogen and oxygen atoms in total. The molecule has 1 aromatic carbocycles. The fourth-order valence-electron chi connectivity index (χ4n) is 2.11. The lowest BCUT2D eigenvalue weighted by Gasteiger charge is -2.15. The van der Waals surface area contributed by atoms with Crippen LogP contribution in [0.15, 0.2) is 41.0 Å². The molecule has 0 unspecified atom stereocenters. The lowest BCUT2D eigenvalue weighted by Crippen LogP contribution is -2.14. The zero-order chi connectivity index (χ0) is 15.6. The molecule has 0 spiro atoms. The van der Waals surface area contributed by atoms with Gasteiger partial charge in [0.15, 0.2) is 11.5 Å². The maximum atomic E-state index is 5.84. The average molecular weight is 305 g/mol. The minimum absolute atomic E-state index is 0.499. The molecule has 0 fully saturated rings. The van der Waals surface area contributed by atoms with E-state index in [-0.39, 0.29) is 0 Å². The molecule has 22 heavy (non-hydrogen) atoms. The number of ether oxygens (including phenoxy) is 3. The first kappa shape index (κ1) is 16.4. The number of rotatable bonds is 10. The highest BCUT2D eigenvalue weighted by Gasteiger charge is 2.10. The average Bonchev–Trinajstić information content (AvgIpc) is 3.05. The Morgan fingerprint density at radius 2 is 2.00 bits per heavy atom. The van der Waals surface area contributed by atoms with Crippen LogP contribution in [0.5, 0.6) is 11.5 Å². The Morgan fingerprint density at radius 3 is 2.73 bits per heavy atom. The molecule has 0 atom stereocenters. The molecule has 1 aromatic heterocycles. The predicted molar refractivity (Wildman–Crippen MR) is 84.2 cm³/mol. The number of benzene rings is 1. The first-order valence-corrected chi connectivity index (χ1v) is 7.44. The van der Waals surface area contributed by atoms with Crippen molar-refractivity contribution in [2.24, 2.45) is 0 Å². The van der Waals surface area contributed by atoms with Crippen molar-refractivity contribution < 1.29 is 18.6 Å². The van der Waals surface area contributed by atoms with E-state index in [2.05, 4.69) is 5.32 Å². The molecule has 2 rings (SSSR count). The van der Waals surface area contributed by atoms with Crippen molar-refractivity contribution >= 4 is 0 Å². The largest absolute Gasteiger partial charge is 0.493 e. The summed E-state index contributed by atoms with van der Waals surface area (Å²) in [5.41, 5.74) is 1.04. The van der Waals surface area contributed by atoms with Crippen LogP contribution in [-0.2, 0) is 17.8 Å². The molecular formula is C17H23NO4. The van der Waals surface area contributed by atoms with Crippen LogP contribution in [0, 0.1) is 0 Å². The van der Waals surface area contributed by atoms with Crippen LogP contribution in [-0.4, -0.2) is 26.9 Å². The molecule has 0 aliphatic rings. The fourth-order valence-corrected chi connectivity index (χ4v) is 2.11. The van der Waals surface area contributed by atoms with Crippen LogP contribution in [0.3, 0.4) is 0 Å². The van der Waals surface area contributed by atoms with Gasteiger partial charge in [0.25, 0.3) is 0 Å². The van der Waals surface area contributed by atoms with E-state index >= 15 is 0 Å². The van der Waals surface area contributed by atoms with Crippen LogP contribution in [0.1, 0.15) is 18.2 Å². The highest BCUT2D eigenvalue weighted by Crippen LogP contribution is 2.31. The summed E-state index contributed by atoms with van der Waals surface area (Å²) in [5.74, 6) is 2.40. The Hall–Kier alpha value is -1.98. The topological polar surface area (TPSA) is 52.9 Å². The van der Waals surface area contributed by atoms with Gasteiger partial charge in [-0.1, -0.05) is 12.1 Å². The minimum Gasteiger partial charge on any atom is -0.493 e. The zero-order valence-electron chi connectivity index (χ0n) is 13.1. The molecule has 0 amide bonds. The molecular weight excluding hydrogens is 282 g/mol. The summed E-state index contributed by atoms with van der Waals surface area (Å²) in [6, 6.07) is 9.70. The van der Waals surface area contributed by atoms with E-state index in [1.807, 2.05) is 37.3 Å². The number of hydrogen-bond donors (Lipinski definition) is 1. The summed E-state index contributed by atoms with van der Waals surface area (Å²) in [6.07, 6.45) is 1.67. The number of hydrogen-bond acceptors (Lipinski definition) is 5. The van der Waals surface area contributed by atoms with E-state index in [0.717, 1.165) is 22.8 Å². The van der Waals surface area contributed by atoms with Crippen LogP contribution < -0.4 is 14.8 Å². The van der Waals surface area contributed by atoms with Crippen molar-refractivity contribution in [1.82, 2.24) is 5.32 Å². The molecule has 0 bridgehead atoms. The highest BCUT2D eigenvalue weighted by atomic mass is 16.5. The van der Waals surface area contributed by atoms with E-state index in [1.54, 1.807) is 13.4 Å². The van der Waals surface area contributed by atoms with Crippen molar-refractivity contribution in [3.63, 3.8) is 0 Å². The third-order valence-electron chi connectivity index (χ3n) is 3.15. The zero-order valence-corrected chi connectivity index (χ0v) is 13.1. The van der Waals surface area contributed by atoms with Gasteiger partial charge in [0, 0.05) is 18.7 Å². The SMILES string of the molecule is CCOCCOc1c(CNCc2ccco2)cccc1OC. The van der Waals surface area contributed by atoms with Gasteiger partial charge < -0.3 is 23.9 Å². The standard InChI is InChI=1S/C17H23NO4/c1-3-20-10-11-22-17-14(6-4-8-16(17)19-2)12-18-13-15-7-5-9-21-15/h4-9,18H,3,10-13H2,1-2H3. The van der Waals surface area contributed by atoms with Gasteiger partial charge in [-0.2, -0.15) is 0 Å². The number of furan rings is 1. The third kappa shape index (κ3) is 4.79. The maximum absolute atomic E-state index is 5.84. The Kier molecular flexibility index (Phi) is 6.80. The smallest absolute Gasteiger partial charge is 0.165 e. The molecule has 0 saturated heterocycles. The molecule has 1 heterocycles. The second-order valence-electron chi connectivity index (χ2n) is 4.68. The van der Waals surface area contributed by atoms with Crippen LogP contribution in [0.2, 0.25) is 0 Å². The van der Waals surface area contributed by atoms with E-state index in [9.17, 15) is 0 Å². The molecule has 5 heteroatoms. The summed E-state index contributed by atoms with van der Waals surface area (Å²) < 4.78 is 21.8. The van der Waals surface area contributed by atoms with Crippen LogP contribution >= 0.6 is 0 Å². The van der Waals surface area contributed by atoms with Gasteiger partial charge in [-0.25, -0.2) is 0 Å². The normalized spacial score (nSPS) is 10.6. The Labute approximate surface area is 131 Å². The Balaban J connectivity index is 1.95. The Bertz CT molecular complexity index is 540. The van der Waals surface area contributed by atoms with E-state index in [4.69, 9.17) is 18.6 Å². The van der Waals surface area contributed by atoms with Gasteiger partial charge >= 0.3 is 0 Å². The fraction of sp³-hybridized carbons (Fsp3) is 0.412. The van der Waals surface area contributed by atoms with Gasteiger partial charge in [-0.3, -0.25) is 0 Å². The molecule has 120 valence electrons. The maximum Gasteiger partial charge on any atom is 0.165 e. The lowest BCUT2D eigenvalue weighted by molar-refractivity contribution is 0.108. The van der Waals surface area contributed by atoms with Gasteiger partial charge in [0.1, 0.15) is 12.4 Å². The van der Waals surface area contributed by atoms with Gasteiger partial charge in [-0.15, -0.1) is 0 Å². The van der Waals surface area contributed by atoms with E-state index < -0.39 is 0 Å². The van der Waals surface area contributed by atoms with Crippen LogP contribution in [0.4, 0.5) is 0 Å². The minimum atomic E-state index is 0.499. The monoisotopic (exact) mass is 305 g/mol. The number of methoxy groups -OCH3 is 1. The lowest BCUT2D eigenvalue weighted by atomic mass is 10.2. The van der Waals surface area contributed by atoms with Crippen molar-refractivity contribution in [1.29, 1.82) is 0 Å². The molecule has 1 N–H and O–H groups in total. The second kappa shape index (κ2) is 9.12. The quantitative estimate of drug-likeness (QED) is 0.684. The predicted octanol–water partition coefficient (Wildman–Crippen LogP) is 2.99. The highest BCUT2D eigenvalue weighted by molar-refractivity contribution is 5.46. The summed E-state index contributed by atoms with van der Waals surface area (Å²) in [6.45, 7) is 5.05. The molecule has 2 aromatic rings. The van der Waals surface area contributed by atoms with Crippen LogP contribution in [0.25, 0.3) is 0 Å².